The molecule has 0 aromatic heterocycles. The molecule has 0 spiro atoms. The molecule has 0 aliphatic carbocycles. The van der Waals surface area contributed by atoms with Crippen molar-refractivity contribution in [3.05, 3.63) is 29.8 Å². The fraction of sp³-hybridized carbons (Fsp3) is 0.500. The van der Waals surface area contributed by atoms with E-state index in [1.54, 1.807) is 48.0 Å². The lowest BCUT2D eigenvalue weighted by atomic mass is 10.0. The Morgan fingerprint density at radius 3 is 2.60 bits per heavy atom. The van der Waals surface area contributed by atoms with Crippen LogP contribution in [0.5, 0.6) is 5.75 Å². The van der Waals surface area contributed by atoms with E-state index >= 15 is 0 Å². The van der Waals surface area contributed by atoms with E-state index in [0.717, 1.165) is 5.75 Å². The first-order valence-corrected chi connectivity index (χ1v) is 9.43. The molecule has 0 saturated carbocycles. The van der Waals surface area contributed by atoms with Gasteiger partial charge in [0.25, 0.3) is 0 Å². The van der Waals surface area contributed by atoms with Crippen LogP contribution in [0.1, 0.15) is 36.0 Å². The van der Waals surface area contributed by atoms with Crippen LogP contribution in [-0.2, 0) is 9.59 Å². The van der Waals surface area contributed by atoms with Gasteiger partial charge in [-0.2, -0.15) is 11.8 Å². The van der Waals surface area contributed by atoms with E-state index in [9.17, 15) is 14.4 Å². The molecule has 1 aliphatic rings. The van der Waals surface area contributed by atoms with Crippen molar-refractivity contribution in [2.75, 3.05) is 25.2 Å². The van der Waals surface area contributed by atoms with Crippen LogP contribution in [0.15, 0.2) is 24.3 Å². The quantitative estimate of drug-likeness (QED) is 0.713. The van der Waals surface area contributed by atoms with Gasteiger partial charge >= 0.3 is 5.97 Å². The Hall–Kier alpha value is -2.02. The van der Waals surface area contributed by atoms with Gasteiger partial charge in [-0.3, -0.25) is 14.4 Å². The number of carbonyl (C=O) groups is 3. The third-order valence-electron chi connectivity index (χ3n) is 4.16. The predicted octanol–water partition coefficient (Wildman–Crippen LogP) is 2.47. The zero-order chi connectivity index (χ0) is 18.2. The van der Waals surface area contributed by atoms with Gasteiger partial charge < -0.3 is 14.7 Å². The number of hydrogen-bond donors (Lipinski definition) is 1. The van der Waals surface area contributed by atoms with Crippen LogP contribution in [0.4, 0.5) is 0 Å². The molecule has 0 bridgehead atoms. The molecule has 1 heterocycles. The lowest BCUT2D eigenvalue weighted by Gasteiger charge is -2.34. The largest absolute Gasteiger partial charge is 0.497 e. The van der Waals surface area contributed by atoms with E-state index < -0.39 is 5.97 Å². The second kappa shape index (κ2) is 9.46. The van der Waals surface area contributed by atoms with Crippen molar-refractivity contribution in [1.82, 2.24) is 4.90 Å². The first kappa shape index (κ1) is 19.3. The van der Waals surface area contributed by atoms with Gasteiger partial charge in [-0.1, -0.05) is 0 Å². The van der Waals surface area contributed by atoms with Crippen LogP contribution < -0.4 is 4.74 Å². The highest BCUT2D eigenvalue weighted by Gasteiger charge is 2.28. The summed E-state index contributed by atoms with van der Waals surface area (Å²) < 4.78 is 5.06. The van der Waals surface area contributed by atoms with Gasteiger partial charge in [-0.05, 0) is 30.7 Å². The zero-order valence-corrected chi connectivity index (χ0v) is 15.1. The van der Waals surface area contributed by atoms with E-state index in [4.69, 9.17) is 9.84 Å². The van der Waals surface area contributed by atoms with Gasteiger partial charge in [0, 0.05) is 36.5 Å². The maximum absolute atomic E-state index is 12.4. The van der Waals surface area contributed by atoms with E-state index in [2.05, 4.69) is 0 Å². The SMILES string of the molecule is COc1ccc(C(=O)CCCC(=O)N2CCSCC2CC(=O)O)cc1. The molecule has 1 atom stereocenters. The van der Waals surface area contributed by atoms with Crippen LogP contribution in [0.25, 0.3) is 0 Å². The summed E-state index contributed by atoms with van der Waals surface area (Å²) in [7, 11) is 1.57. The summed E-state index contributed by atoms with van der Waals surface area (Å²) in [5, 5.41) is 8.98. The van der Waals surface area contributed by atoms with Gasteiger partial charge in [0.2, 0.25) is 5.91 Å². The van der Waals surface area contributed by atoms with Crippen molar-refractivity contribution in [3.8, 4) is 5.75 Å². The molecule has 1 aromatic rings. The highest BCUT2D eigenvalue weighted by atomic mass is 32.2. The summed E-state index contributed by atoms with van der Waals surface area (Å²) in [4.78, 5) is 37.2. The molecule has 7 heteroatoms. The van der Waals surface area contributed by atoms with Gasteiger partial charge in [-0.25, -0.2) is 0 Å². The number of hydrogen-bond acceptors (Lipinski definition) is 5. The molecule has 6 nitrogen and oxygen atoms in total. The van der Waals surface area contributed by atoms with Crippen LogP contribution in [-0.4, -0.2) is 58.9 Å². The third kappa shape index (κ3) is 5.77. The highest BCUT2D eigenvalue weighted by Crippen LogP contribution is 2.21. The molecular formula is C18H23NO5S. The number of aliphatic carboxylic acids is 1. The van der Waals surface area contributed by atoms with E-state index in [0.29, 0.717) is 36.5 Å². The number of rotatable bonds is 8. The Labute approximate surface area is 151 Å². The Morgan fingerprint density at radius 2 is 1.96 bits per heavy atom. The van der Waals surface area contributed by atoms with Crippen molar-refractivity contribution in [2.24, 2.45) is 0 Å². The van der Waals surface area contributed by atoms with Crippen LogP contribution >= 0.6 is 11.8 Å². The number of benzene rings is 1. The molecular weight excluding hydrogens is 342 g/mol. The summed E-state index contributed by atoms with van der Waals surface area (Å²) in [6.07, 6.45) is 1.00. The minimum atomic E-state index is -0.889. The standard InChI is InChI=1S/C18H23NO5S/c1-24-15-7-5-13(6-8-15)16(20)3-2-4-17(21)19-9-10-25-12-14(19)11-18(22)23/h5-8,14H,2-4,9-12H2,1H3,(H,22,23). The Kier molecular flexibility index (Phi) is 7.31. The molecule has 1 N–H and O–H groups in total. The number of amides is 1. The Morgan fingerprint density at radius 1 is 1.24 bits per heavy atom. The van der Waals surface area contributed by atoms with Crippen LogP contribution in [0.3, 0.4) is 0 Å². The first-order valence-electron chi connectivity index (χ1n) is 8.27. The number of methoxy groups -OCH3 is 1. The highest BCUT2D eigenvalue weighted by molar-refractivity contribution is 7.99. The number of carboxylic acid groups (broad SMARTS) is 1. The van der Waals surface area contributed by atoms with Crippen LogP contribution in [0.2, 0.25) is 0 Å². The minimum Gasteiger partial charge on any atom is -0.497 e. The number of thioether (sulfide) groups is 1. The lowest BCUT2D eigenvalue weighted by molar-refractivity contribution is -0.140. The van der Waals surface area contributed by atoms with Crippen molar-refractivity contribution in [2.45, 2.75) is 31.7 Å². The summed E-state index contributed by atoms with van der Waals surface area (Å²) in [6, 6.07) is 6.66. The van der Waals surface area contributed by atoms with Gasteiger partial charge in [0.15, 0.2) is 5.78 Å². The summed E-state index contributed by atoms with van der Waals surface area (Å²) in [5.74, 6) is 1.22. The second-order valence-electron chi connectivity index (χ2n) is 5.92. The maximum Gasteiger partial charge on any atom is 0.305 e. The lowest BCUT2D eigenvalue weighted by Crippen LogP contribution is -2.47. The molecule has 1 fully saturated rings. The summed E-state index contributed by atoms with van der Waals surface area (Å²) >= 11 is 1.67. The number of ketones is 1. The number of Topliss-reactive ketones (excluding diaryl/α,β-unsaturated/α-hetero) is 1. The van der Waals surface area contributed by atoms with Gasteiger partial charge in [0.05, 0.1) is 19.6 Å². The molecule has 0 radical (unpaired) electrons. The smallest absolute Gasteiger partial charge is 0.305 e. The number of ether oxygens (including phenoxy) is 1. The maximum atomic E-state index is 12.4. The van der Waals surface area contributed by atoms with E-state index in [1.807, 2.05) is 0 Å². The summed E-state index contributed by atoms with van der Waals surface area (Å²) in [6.45, 7) is 0.577. The third-order valence-corrected chi connectivity index (χ3v) is 5.26. The zero-order valence-electron chi connectivity index (χ0n) is 14.3. The topological polar surface area (TPSA) is 83.9 Å². The molecule has 1 aliphatic heterocycles. The molecule has 2 rings (SSSR count). The molecule has 1 saturated heterocycles. The van der Waals surface area contributed by atoms with Crippen LogP contribution in [0, 0.1) is 0 Å². The number of carbonyl (C=O) groups excluding carboxylic acids is 2. The average molecular weight is 365 g/mol. The fourth-order valence-corrected chi connectivity index (χ4v) is 3.88. The minimum absolute atomic E-state index is 0.00765. The Bertz CT molecular complexity index is 616. The monoisotopic (exact) mass is 365 g/mol. The van der Waals surface area contributed by atoms with E-state index in [-0.39, 0.29) is 30.6 Å². The fourth-order valence-electron chi connectivity index (χ4n) is 2.82. The molecule has 25 heavy (non-hydrogen) atoms. The summed E-state index contributed by atoms with van der Waals surface area (Å²) in [5.41, 5.74) is 0.603. The number of nitrogens with zero attached hydrogens (tertiary/aromatic N) is 1. The van der Waals surface area contributed by atoms with Gasteiger partial charge in [-0.15, -0.1) is 0 Å². The molecule has 136 valence electrons. The normalized spacial score (nSPS) is 17.2. The average Bonchev–Trinajstić information content (AvgIpc) is 2.61. The molecule has 1 unspecified atom stereocenters. The van der Waals surface area contributed by atoms with Crippen molar-refractivity contribution < 1.29 is 24.2 Å². The second-order valence-corrected chi connectivity index (χ2v) is 7.07. The van der Waals surface area contributed by atoms with Crippen molar-refractivity contribution in [3.63, 3.8) is 0 Å². The van der Waals surface area contributed by atoms with Crippen molar-refractivity contribution in [1.29, 1.82) is 0 Å². The molecule has 1 aromatic carbocycles. The first-order chi connectivity index (χ1) is 12.0. The Balaban J connectivity index is 1.81. The van der Waals surface area contributed by atoms with Gasteiger partial charge in [0.1, 0.15) is 5.75 Å². The van der Waals surface area contributed by atoms with Crippen molar-refractivity contribution >= 4 is 29.4 Å². The molecule has 1 amide bonds. The predicted molar refractivity (Wildman–Crippen MR) is 96.3 cm³/mol. The number of carboxylic acids is 1. The van der Waals surface area contributed by atoms with E-state index in [1.165, 1.54) is 0 Å².